The zero-order valence-corrected chi connectivity index (χ0v) is 16.2. The molecule has 0 aliphatic carbocycles. The Hall–Kier alpha value is -3.37. The molecule has 0 aliphatic heterocycles. The summed E-state index contributed by atoms with van der Waals surface area (Å²) in [6, 6.07) is 6.84. The number of phenols is 2. The number of carboxylic acid groups (broad SMARTS) is 2. The predicted molar refractivity (Wildman–Crippen MR) is 109 cm³/mol. The first-order valence-electron chi connectivity index (χ1n) is 9.11. The van der Waals surface area contributed by atoms with E-state index in [4.69, 9.17) is 21.7 Å². The van der Waals surface area contributed by atoms with Crippen LogP contribution in [0.3, 0.4) is 0 Å². The fourth-order valence-corrected chi connectivity index (χ4v) is 2.35. The van der Waals surface area contributed by atoms with Gasteiger partial charge in [0.05, 0.1) is 0 Å². The lowest BCUT2D eigenvalue weighted by atomic mass is 10.1. The van der Waals surface area contributed by atoms with Crippen molar-refractivity contribution in [3.63, 3.8) is 0 Å². The van der Waals surface area contributed by atoms with Gasteiger partial charge in [-0.2, -0.15) is 0 Å². The van der Waals surface area contributed by atoms with Crippen molar-refractivity contribution < 1.29 is 34.4 Å². The lowest BCUT2D eigenvalue weighted by molar-refractivity contribution is -0.138. The Labute approximate surface area is 172 Å². The molecule has 9 nitrogen and oxygen atoms in total. The minimum absolute atomic E-state index is 0.0507. The molecule has 30 heavy (non-hydrogen) atoms. The fourth-order valence-electron chi connectivity index (χ4n) is 2.35. The number of carboxylic acids is 2. The third kappa shape index (κ3) is 8.33. The second-order valence-electron chi connectivity index (χ2n) is 6.39. The van der Waals surface area contributed by atoms with E-state index in [2.05, 4.69) is 5.32 Å². The van der Waals surface area contributed by atoms with E-state index in [0.29, 0.717) is 24.2 Å². The number of nitrogens with one attached hydrogen (secondary N) is 1. The summed E-state index contributed by atoms with van der Waals surface area (Å²) in [5, 5.41) is 39.0. The largest absolute Gasteiger partial charge is 0.508 e. The summed E-state index contributed by atoms with van der Waals surface area (Å²) in [5.74, 6) is -3.05. The number of benzene rings is 2. The van der Waals surface area contributed by atoms with Gasteiger partial charge < -0.3 is 37.2 Å². The highest BCUT2D eigenvalue weighted by Gasteiger charge is 2.10. The van der Waals surface area contributed by atoms with Crippen LogP contribution in [0.5, 0.6) is 11.5 Å². The number of rotatable bonds is 9. The molecule has 0 aromatic heterocycles. The Balaban J connectivity index is 0.000000382. The van der Waals surface area contributed by atoms with E-state index in [1.165, 1.54) is 30.3 Å². The molecule has 1 unspecified atom stereocenters. The van der Waals surface area contributed by atoms with Crippen molar-refractivity contribution in [2.24, 2.45) is 11.5 Å². The van der Waals surface area contributed by atoms with Crippen LogP contribution in [0.15, 0.2) is 36.4 Å². The molecule has 164 valence electrons. The quantitative estimate of drug-likeness (QED) is 0.297. The SMILES string of the molecule is NCCCCC(N)C(=O)O.O=C(O)c1ccc(NCc2cc(F)ccc2O)cc1O. The van der Waals surface area contributed by atoms with Crippen LogP contribution in [0, 0.1) is 5.82 Å². The van der Waals surface area contributed by atoms with Crippen molar-refractivity contribution in [1.82, 2.24) is 0 Å². The molecule has 0 bridgehead atoms. The van der Waals surface area contributed by atoms with Crippen LogP contribution in [-0.4, -0.2) is 45.0 Å². The molecule has 0 aliphatic rings. The van der Waals surface area contributed by atoms with Crippen molar-refractivity contribution in [3.05, 3.63) is 53.3 Å². The minimum Gasteiger partial charge on any atom is -0.508 e. The van der Waals surface area contributed by atoms with Gasteiger partial charge >= 0.3 is 11.9 Å². The van der Waals surface area contributed by atoms with Gasteiger partial charge in [-0.25, -0.2) is 9.18 Å². The topological polar surface area (TPSA) is 179 Å². The summed E-state index contributed by atoms with van der Waals surface area (Å²) in [6.07, 6.45) is 2.16. The number of phenolic OH excluding ortho intramolecular Hbond substituents is 1. The molecule has 2 rings (SSSR count). The number of anilines is 1. The lowest BCUT2D eigenvalue weighted by Crippen LogP contribution is -2.29. The van der Waals surface area contributed by atoms with Crippen molar-refractivity contribution in [2.45, 2.75) is 31.8 Å². The number of hydrogen-bond acceptors (Lipinski definition) is 7. The molecule has 0 amide bonds. The van der Waals surface area contributed by atoms with Gasteiger partial charge in [-0.05, 0) is 49.7 Å². The van der Waals surface area contributed by atoms with Gasteiger partial charge in [0.15, 0.2) is 0 Å². The molecular weight excluding hydrogens is 397 g/mol. The maximum Gasteiger partial charge on any atom is 0.339 e. The van der Waals surface area contributed by atoms with E-state index in [1.807, 2.05) is 0 Å². The number of unbranched alkanes of at least 4 members (excludes halogenated alkanes) is 1. The molecule has 0 saturated carbocycles. The zero-order chi connectivity index (χ0) is 22.7. The van der Waals surface area contributed by atoms with Gasteiger partial charge in [0.1, 0.15) is 28.9 Å². The molecule has 0 radical (unpaired) electrons. The number of aromatic hydroxyl groups is 2. The highest BCUT2D eigenvalue weighted by atomic mass is 19.1. The highest BCUT2D eigenvalue weighted by molar-refractivity contribution is 5.91. The Morgan fingerprint density at radius 3 is 2.30 bits per heavy atom. The molecule has 0 heterocycles. The van der Waals surface area contributed by atoms with Crippen LogP contribution < -0.4 is 16.8 Å². The predicted octanol–water partition coefficient (Wildman–Crippen LogP) is 2.07. The number of nitrogens with two attached hydrogens (primary N) is 2. The number of aromatic carboxylic acids is 1. The Bertz CT molecular complexity index is 862. The van der Waals surface area contributed by atoms with E-state index in [1.54, 1.807) is 0 Å². The Kier molecular flexibility index (Phi) is 10.1. The van der Waals surface area contributed by atoms with Crippen LogP contribution >= 0.6 is 0 Å². The number of halogens is 1. The second kappa shape index (κ2) is 12.2. The van der Waals surface area contributed by atoms with Crippen molar-refractivity contribution in [3.8, 4) is 11.5 Å². The van der Waals surface area contributed by atoms with Crippen LogP contribution in [0.4, 0.5) is 10.1 Å². The van der Waals surface area contributed by atoms with Gasteiger partial charge in [-0.15, -0.1) is 0 Å². The second-order valence-corrected chi connectivity index (χ2v) is 6.39. The molecule has 2 aromatic carbocycles. The van der Waals surface area contributed by atoms with E-state index in [9.17, 15) is 24.2 Å². The third-order valence-corrected chi connectivity index (χ3v) is 4.04. The maximum absolute atomic E-state index is 13.0. The molecular formula is C20H26FN3O6. The maximum atomic E-state index is 13.0. The van der Waals surface area contributed by atoms with E-state index in [-0.39, 0.29) is 23.6 Å². The summed E-state index contributed by atoms with van der Waals surface area (Å²) < 4.78 is 13.0. The molecule has 1 atom stereocenters. The summed E-state index contributed by atoms with van der Waals surface area (Å²) in [4.78, 5) is 20.9. The molecule has 0 fully saturated rings. The normalized spacial score (nSPS) is 11.2. The summed E-state index contributed by atoms with van der Waals surface area (Å²) in [7, 11) is 0. The van der Waals surface area contributed by atoms with E-state index >= 15 is 0 Å². The molecule has 0 saturated heterocycles. The van der Waals surface area contributed by atoms with Gasteiger partial charge in [-0.3, -0.25) is 4.79 Å². The summed E-state index contributed by atoms with van der Waals surface area (Å²) in [5.41, 5.74) is 11.0. The summed E-state index contributed by atoms with van der Waals surface area (Å²) in [6.45, 7) is 0.738. The monoisotopic (exact) mass is 423 g/mol. The van der Waals surface area contributed by atoms with E-state index < -0.39 is 23.8 Å². The standard InChI is InChI=1S/C14H12FNO4.C6H14N2O2/c15-9-1-4-12(17)8(5-9)7-16-10-2-3-11(14(19)20)13(18)6-10;7-4-2-1-3-5(8)6(9)10/h1-6,16-18H,7H2,(H,19,20);5H,1-4,7-8H2,(H,9,10). The first-order valence-corrected chi connectivity index (χ1v) is 9.11. The number of hydrogen-bond donors (Lipinski definition) is 7. The molecule has 10 heteroatoms. The zero-order valence-electron chi connectivity index (χ0n) is 16.2. The number of aliphatic carboxylic acids is 1. The number of carbonyl (C=O) groups is 2. The van der Waals surface area contributed by atoms with E-state index in [0.717, 1.165) is 18.9 Å². The van der Waals surface area contributed by atoms with Crippen LogP contribution in [0.1, 0.15) is 35.2 Å². The van der Waals surface area contributed by atoms with Gasteiger partial charge in [-0.1, -0.05) is 6.42 Å². The van der Waals surface area contributed by atoms with Crippen LogP contribution in [0.25, 0.3) is 0 Å². The van der Waals surface area contributed by atoms with Crippen molar-refractivity contribution in [1.29, 1.82) is 0 Å². The first-order chi connectivity index (χ1) is 14.1. The smallest absolute Gasteiger partial charge is 0.339 e. The molecule has 0 spiro atoms. The highest BCUT2D eigenvalue weighted by Crippen LogP contribution is 2.24. The molecule has 2 aromatic rings. The lowest BCUT2D eigenvalue weighted by Gasteiger charge is -2.09. The van der Waals surface area contributed by atoms with Gasteiger partial charge in [0.25, 0.3) is 0 Å². The first kappa shape index (κ1) is 24.7. The third-order valence-electron chi connectivity index (χ3n) is 4.04. The average Bonchev–Trinajstić information content (AvgIpc) is 2.69. The fraction of sp³-hybridized carbons (Fsp3) is 0.300. The van der Waals surface area contributed by atoms with Crippen LogP contribution in [0.2, 0.25) is 0 Å². The Morgan fingerprint density at radius 2 is 1.73 bits per heavy atom. The summed E-state index contributed by atoms with van der Waals surface area (Å²) >= 11 is 0. The van der Waals surface area contributed by atoms with Crippen molar-refractivity contribution in [2.75, 3.05) is 11.9 Å². The Morgan fingerprint density at radius 1 is 1.03 bits per heavy atom. The average molecular weight is 423 g/mol. The minimum atomic E-state index is -1.23. The van der Waals surface area contributed by atoms with Crippen molar-refractivity contribution >= 4 is 17.6 Å². The van der Waals surface area contributed by atoms with Gasteiger partial charge in [0.2, 0.25) is 0 Å². The molecule has 9 N–H and O–H groups in total. The van der Waals surface area contributed by atoms with Crippen LogP contribution in [-0.2, 0) is 11.3 Å². The van der Waals surface area contributed by atoms with Gasteiger partial charge in [0, 0.05) is 23.9 Å².